The topological polar surface area (TPSA) is 91.6 Å². The fourth-order valence-electron chi connectivity index (χ4n) is 3.46. The Balaban J connectivity index is 0.00000392. The zero-order chi connectivity index (χ0) is 19.5. The SMILES string of the molecule is CCNC(=NCc1c(CC)noc1CC)NCCC(=O)NC1CCCCC1.I. The van der Waals surface area contributed by atoms with E-state index in [2.05, 4.69) is 39.9 Å². The number of carbonyl (C=O) groups is 1. The van der Waals surface area contributed by atoms with Crippen LogP contribution in [-0.2, 0) is 24.2 Å². The summed E-state index contributed by atoms with van der Waals surface area (Å²) in [5, 5.41) is 13.8. The number of aromatic nitrogens is 1. The summed E-state index contributed by atoms with van der Waals surface area (Å²) in [5.41, 5.74) is 2.05. The molecule has 1 heterocycles. The van der Waals surface area contributed by atoms with E-state index in [0.717, 1.165) is 49.2 Å². The molecule has 1 aliphatic carbocycles. The fraction of sp³-hybridized carbons (Fsp3) is 0.750. The highest BCUT2D eigenvalue weighted by Gasteiger charge is 2.16. The maximum atomic E-state index is 12.1. The Kier molecular flexibility index (Phi) is 12.2. The van der Waals surface area contributed by atoms with E-state index in [1.54, 1.807) is 0 Å². The van der Waals surface area contributed by atoms with Crippen LogP contribution in [0.1, 0.15) is 76.3 Å². The number of halogens is 1. The summed E-state index contributed by atoms with van der Waals surface area (Å²) in [7, 11) is 0. The van der Waals surface area contributed by atoms with Gasteiger partial charge in [0.15, 0.2) is 5.96 Å². The van der Waals surface area contributed by atoms with Crippen molar-refractivity contribution in [2.75, 3.05) is 13.1 Å². The lowest BCUT2D eigenvalue weighted by molar-refractivity contribution is -0.121. The van der Waals surface area contributed by atoms with Crippen LogP contribution in [0.2, 0.25) is 0 Å². The molecule has 0 saturated heterocycles. The van der Waals surface area contributed by atoms with Crippen molar-refractivity contribution in [3.63, 3.8) is 0 Å². The molecule has 0 spiro atoms. The predicted molar refractivity (Wildman–Crippen MR) is 123 cm³/mol. The number of hydrogen-bond donors (Lipinski definition) is 3. The van der Waals surface area contributed by atoms with E-state index in [4.69, 9.17) is 4.52 Å². The first-order chi connectivity index (χ1) is 13.2. The van der Waals surface area contributed by atoms with Gasteiger partial charge in [0, 0.05) is 37.5 Å². The summed E-state index contributed by atoms with van der Waals surface area (Å²) in [4.78, 5) is 16.8. The minimum atomic E-state index is 0. The molecule has 1 amide bonds. The number of guanidine groups is 1. The number of carbonyl (C=O) groups excluding carboxylic acids is 1. The first-order valence-electron chi connectivity index (χ1n) is 10.5. The first kappa shape index (κ1) is 24.7. The Bertz CT molecular complexity index is 590. The summed E-state index contributed by atoms with van der Waals surface area (Å²) in [6.07, 6.45) is 8.06. The summed E-state index contributed by atoms with van der Waals surface area (Å²) in [6, 6.07) is 0.363. The molecule has 1 aromatic heterocycles. The largest absolute Gasteiger partial charge is 0.361 e. The highest BCUT2D eigenvalue weighted by atomic mass is 127. The minimum Gasteiger partial charge on any atom is -0.361 e. The Hall–Kier alpha value is -1.32. The van der Waals surface area contributed by atoms with Crippen LogP contribution >= 0.6 is 24.0 Å². The first-order valence-corrected chi connectivity index (χ1v) is 10.5. The smallest absolute Gasteiger partial charge is 0.221 e. The van der Waals surface area contributed by atoms with E-state index in [9.17, 15) is 4.79 Å². The lowest BCUT2D eigenvalue weighted by Crippen LogP contribution is -2.41. The third-order valence-electron chi connectivity index (χ3n) is 4.96. The summed E-state index contributed by atoms with van der Waals surface area (Å²) < 4.78 is 5.40. The lowest BCUT2D eigenvalue weighted by atomic mass is 9.95. The van der Waals surface area contributed by atoms with Crippen LogP contribution in [-0.4, -0.2) is 36.2 Å². The molecule has 8 heteroatoms. The Labute approximate surface area is 185 Å². The van der Waals surface area contributed by atoms with E-state index < -0.39 is 0 Å². The molecule has 160 valence electrons. The van der Waals surface area contributed by atoms with Gasteiger partial charge in [-0.3, -0.25) is 4.79 Å². The average Bonchev–Trinajstić information content (AvgIpc) is 3.08. The van der Waals surface area contributed by atoms with Crippen molar-refractivity contribution >= 4 is 35.8 Å². The molecular formula is C20H36IN5O2. The molecular weight excluding hydrogens is 469 g/mol. The Morgan fingerprint density at radius 1 is 1.14 bits per heavy atom. The zero-order valence-electron chi connectivity index (χ0n) is 17.5. The number of nitrogens with zero attached hydrogens (tertiary/aromatic N) is 2. The van der Waals surface area contributed by atoms with Crippen LogP contribution in [0, 0.1) is 0 Å². The van der Waals surface area contributed by atoms with E-state index in [0.29, 0.717) is 31.5 Å². The second-order valence-corrected chi connectivity index (χ2v) is 7.01. The minimum absolute atomic E-state index is 0. The van der Waals surface area contributed by atoms with Crippen LogP contribution in [0.3, 0.4) is 0 Å². The third kappa shape index (κ3) is 7.97. The number of aryl methyl sites for hydroxylation is 2. The number of aliphatic imine (C=N–C) groups is 1. The maximum absolute atomic E-state index is 12.1. The average molecular weight is 505 g/mol. The van der Waals surface area contributed by atoms with Crippen molar-refractivity contribution < 1.29 is 9.32 Å². The summed E-state index contributed by atoms with van der Waals surface area (Å²) >= 11 is 0. The van der Waals surface area contributed by atoms with Crippen LogP contribution in [0.4, 0.5) is 0 Å². The highest BCUT2D eigenvalue weighted by molar-refractivity contribution is 14.0. The molecule has 0 aliphatic heterocycles. The van der Waals surface area contributed by atoms with Gasteiger partial charge >= 0.3 is 0 Å². The van der Waals surface area contributed by atoms with Crippen molar-refractivity contribution in [2.45, 2.75) is 84.7 Å². The third-order valence-corrected chi connectivity index (χ3v) is 4.96. The molecule has 0 radical (unpaired) electrons. The standard InChI is InChI=1S/C20H35N5O2.HI/c1-4-17-16(18(5-2)27-25-17)14-23-20(21-6-3)22-13-12-19(26)24-15-10-8-7-9-11-15;/h15H,4-14H2,1-3H3,(H,24,26)(H2,21,22,23);1H. The molecule has 1 aliphatic rings. The molecule has 7 nitrogen and oxygen atoms in total. The van der Waals surface area contributed by atoms with Gasteiger partial charge in [-0.1, -0.05) is 38.3 Å². The van der Waals surface area contributed by atoms with Gasteiger partial charge in [0.05, 0.1) is 12.2 Å². The van der Waals surface area contributed by atoms with Crippen molar-refractivity contribution in [3.05, 3.63) is 17.0 Å². The molecule has 28 heavy (non-hydrogen) atoms. The number of rotatable bonds is 9. The molecule has 0 unspecified atom stereocenters. The van der Waals surface area contributed by atoms with Crippen molar-refractivity contribution in [2.24, 2.45) is 4.99 Å². The van der Waals surface area contributed by atoms with Crippen LogP contribution in [0.15, 0.2) is 9.52 Å². The molecule has 1 fully saturated rings. The molecule has 1 saturated carbocycles. The molecule has 0 aromatic carbocycles. The Morgan fingerprint density at radius 2 is 1.89 bits per heavy atom. The van der Waals surface area contributed by atoms with E-state index >= 15 is 0 Å². The second kappa shape index (κ2) is 13.8. The normalized spacial score (nSPS) is 15.0. The van der Waals surface area contributed by atoms with Gasteiger partial charge in [-0.2, -0.15) is 0 Å². The fourth-order valence-corrected chi connectivity index (χ4v) is 3.46. The van der Waals surface area contributed by atoms with Crippen molar-refractivity contribution in [1.82, 2.24) is 21.1 Å². The van der Waals surface area contributed by atoms with E-state index in [1.807, 2.05) is 6.92 Å². The predicted octanol–water partition coefficient (Wildman–Crippen LogP) is 3.31. The monoisotopic (exact) mass is 505 g/mol. The quantitative estimate of drug-likeness (QED) is 0.272. The number of nitrogens with one attached hydrogen (secondary N) is 3. The van der Waals surface area contributed by atoms with Crippen LogP contribution in [0.25, 0.3) is 0 Å². The molecule has 3 N–H and O–H groups in total. The zero-order valence-corrected chi connectivity index (χ0v) is 19.8. The Morgan fingerprint density at radius 3 is 2.54 bits per heavy atom. The van der Waals surface area contributed by atoms with E-state index in [-0.39, 0.29) is 29.9 Å². The maximum Gasteiger partial charge on any atom is 0.221 e. The van der Waals surface area contributed by atoms with E-state index in [1.165, 1.54) is 19.3 Å². The van der Waals surface area contributed by atoms with Crippen molar-refractivity contribution in [3.8, 4) is 0 Å². The highest BCUT2D eigenvalue weighted by Crippen LogP contribution is 2.18. The van der Waals surface area contributed by atoms with Gasteiger partial charge in [-0.05, 0) is 26.2 Å². The second-order valence-electron chi connectivity index (χ2n) is 7.01. The van der Waals surface area contributed by atoms with Gasteiger partial charge in [0.2, 0.25) is 5.91 Å². The van der Waals surface area contributed by atoms with Gasteiger partial charge < -0.3 is 20.5 Å². The van der Waals surface area contributed by atoms with Gasteiger partial charge in [0.25, 0.3) is 0 Å². The number of hydrogen-bond acceptors (Lipinski definition) is 4. The van der Waals surface area contributed by atoms with Crippen LogP contribution < -0.4 is 16.0 Å². The van der Waals surface area contributed by atoms with Gasteiger partial charge in [-0.25, -0.2) is 4.99 Å². The van der Waals surface area contributed by atoms with Gasteiger partial charge in [0.1, 0.15) is 5.76 Å². The van der Waals surface area contributed by atoms with Crippen LogP contribution in [0.5, 0.6) is 0 Å². The summed E-state index contributed by atoms with van der Waals surface area (Å²) in [5.74, 6) is 1.73. The summed E-state index contributed by atoms with van der Waals surface area (Å²) in [6.45, 7) is 8.02. The van der Waals surface area contributed by atoms with Crippen molar-refractivity contribution in [1.29, 1.82) is 0 Å². The molecule has 0 atom stereocenters. The molecule has 0 bridgehead atoms. The molecule has 1 aromatic rings. The number of amides is 1. The lowest BCUT2D eigenvalue weighted by Gasteiger charge is -2.22. The molecule has 2 rings (SSSR count). The van der Waals surface area contributed by atoms with Gasteiger partial charge in [-0.15, -0.1) is 24.0 Å².